The van der Waals surface area contributed by atoms with E-state index in [0.29, 0.717) is 13.1 Å². The highest BCUT2D eigenvalue weighted by Gasteiger charge is 2.28. The van der Waals surface area contributed by atoms with E-state index in [1.54, 1.807) is 0 Å². The number of piperazine rings is 1. The molecule has 7 heteroatoms. The van der Waals surface area contributed by atoms with Crippen molar-refractivity contribution in [2.24, 2.45) is 0 Å². The van der Waals surface area contributed by atoms with E-state index in [4.69, 9.17) is 9.97 Å². The van der Waals surface area contributed by atoms with E-state index in [1.165, 1.54) is 39.9 Å². The predicted molar refractivity (Wildman–Crippen MR) is 135 cm³/mol. The molecule has 2 aliphatic rings. The third kappa shape index (κ3) is 4.17. The van der Waals surface area contributed by atoms with Crippen molar-refractivity contribution < 1.29 is 4.79 Å². The first-order chi connectivity index (χ1) is 15.7. The second-order valence-corrected chi connectivity index (χ2v) is 10.7. The first kappa shape index (κ1) is 21.8. The molecule has 0 spiro atoms. The second-order valence-electron chi connectivity index (χ2n) is 8.72. The molecule has 1 amide bonds. The van der Waals surface area contributed by atoms with Crippen molar-refractivity contribution in [1.29, 1.82) is 0 Å². The fourth-order valence-corrected chi connectivity index (χ4v) is 6.51. The van der Waals surface area contributed by atoms with E-state index in [-0.39, 0.29) is 5.91 Å². The first-order valence-corrected chi connectivity index (χ1v) is 13.4. The van der Waals surface area contributed by atoms with Gasteiger partial charge >= 0.3 is 0 Å². The van der Waals surface area contributed by atoms with E-state index in [9.17, 15) is 4.79 Å². The number of aromatic nitrogens is 2. The maximum Gasteiger partial charge on any atom is 0.255 e. The molecular weight excluding hydrogens is 484 g/mol. The summed E-state index contributed by atoms with van der Waals surface area (Å²) in [4.78, 5) is 30.2. The van der Waals surface area contributed by atoms with Crippen LogP contribution in [0.25, 0.3) is 10.2 Å². The van der Waals surface area contributed by atoms with Gasteiger partial charge in [0.2, 0.25) is 0 Å². The van der Waals surface area contributed by atoms with E-state index >= 15 is 0 Å². The smallest absolute Gasteiger partial charge is 0.255 e. The van der Waals surface area contributed by atoms with Crippen molar-refractivity contribution in [1.82, 2.24) is 14.9 Å². The number of amides is 1. The summed E-state index contributed by atoms with van der Waals surface area (Å²) >= 11 is 5.41. The standard InChI is InChI=1S/C25H29BrN4OS/c1-2-3-12-21-27-23(22-18-9-5-7-11-20(18)32-24(22)28-21)29-13-15-30(16-14-29)25(31)17-8-4-6-10-19(17)26/h4,6,8,10H,2-3,5,7,9,11-16H2,1H3. The molecule has 0 saturated carbocycles. The molecule has 0 bridgehead atoms. The van der Waals surface area contributed by atoms with Gasteiger partial charge in [-0.15, -0.1) is 11.3 Å². The second kappa shape index (κ2) is 9.48. The minimum atomic E-state index is 0.0986. The molecule has 1 fully saturated rings. The first-order valence-electron chi connectivity index (χ1n) is 11.8. The molecular formula is C25H29BrN4OS. The largest absolute Gasteiger partial charge is 0.352 e. The Hall–Kier alpha value is -1.99. The predicted octanol–water partition coefficient (Wildman–Crippen LogP) is 5.64. The zero-order valence-corrected chi connectivity index (χ0v) is 21.0. The summed E-state index contributed by atoms with van der Waals surface area (Å²) in [5.74, 6) is 2.18. The van der Waals surface area contributed by atoms with E-state index in [1.807, 2.05) is 40.5 Å². The van der Waals surface area contributed by atoms with Gasteiger partial charge in [-0.3, -0.25) is 4.79 Å². The van der Waals surface area contributed by atoms with Gasteiger partial charge in [-0.05, 0) is 65.7 Å². The number of aryl methyl sites for hydroxylation is 3. The number of nitrogens with zero attached hydrogens (tertiary/aromatic N) is 4. The lowest BCUT2D eigenvalue weighted by atomic mass is 9.96. The summed E-state index contributed by atoms with van der Waals surface area (Å²) in [6.45, 7) is 5.25. The van der Waals surface area contributed by atoms with Crippen molar-refractivity contribution >= 4 is 49.2 Å². The number of hydrogen-bond acceptors (Lipinski definition) is 5. The molecule has 0 N–H and O–H groups in total. The fourth-order valence-electron chi connectivity index (χ4n) is 4.78. The summed E-state index contributed by atoms with van der Waals surface area (Å²) in [6.07, 6.45) is 8.04. The summed E-state index contributed by atoms with van der Waals surface area (Å²) in [5.41, 5.74) is 2.22. The highest BCUT2D eigenvalue weighted by molar-refractivity contribution is 9.10. The van der Waals surface area contributed by atoms with Crippen LogP contribution in [0.5, 0.6) is 0 Å². The minimum absolute atomic E-state index is 0.0986. The van der Waals surface area contributed by atoms with Crippen LogP contribution in [0.4, 0.5) is 5.82 Å². The molecule has 3 aromatic rings. The molecule has 0 atom stereocenters. The summed E-state index contributed by atoms with van der Waals surface area (Å²) in [7, 11) is 0. The van der Waals surface area contributed by atoms with Crippen molar-refractivity contribution in [3.63, 3.8) is 0 Å². The third-order valence-corrected chi connectivity index (χ3v) is 8.44. The Labute approximate surface area is 202 Å². The van der Waals surface area contributed by atoms with Crippen LogP contribution in [0.3, 0.4) is 0 Å². The van der Waals surface area contributed by atoms with E-state index < -0.39 is 0 Å². The molecule has 1 aromatic carbocycles. The highest BCUT2D eigenvalue weighted by Crippen LogP contribution is 2.40. The van der Waals surface area contributed by atoms with E-state index in [2.05, 4.69) is 27.8 Å². The van der Waals surface area contributed by atoms with Crippen molar-refractivity contribution in [3.8, 4) is 0 Å². The van der Waals surface area contributed by atoms with Crippen LogP contribution in [0.2, 0.25) is 0 Å². The Balaban J connectivity index is 1.42. The number of fused-ring (bicyclic) bond motifs is 3. The molecule has 5 rings (SSSR count). The van der Waals surface area contributed by atoms with Crippen LogP contribution in [0.15, 0.2) is 28.7 Å². The van der Waals surface area contributed by atoms with Crippen molar-refractivity contribution in [2.45, 2.75) is 51.9 Å². The molecule has 3 heterocycles. The zero-order chi connectivity index (χ0) is 22.1. The topological polar surface area (TPSA) is 49.3 Å². The lowest BCUT2D eigenvalue weighted by molar-refractivity contribution is 0.0745. The van der Waals surface area contributed by atoms with Gasteiger partial charge in [0.15, 0.2) is 0 Å². The van der Waals surface area contributed by atoms with E-state index in [0.717, 1.165) is 60.5 Å². The highest BCUT2D eigenvalue weighted by atomic mass is 79.9. The van der Waals surface area contributed by atoms with Gasteiger partial charge in [0.05, 0.1) is 10.9 Å². The Kier molecular flexibility index (Phi) is 6.47. The van der Waals surface area contributed by atoms with Crippen LogP contribution >= 0.6 is 27.3 Å². The number of unbranched alkanes of at least 4 members (excludes halogenated alkanes) is 1. The summed E-state index contributed by atoms with van der Waals surface area (Å²) < 4.78 is 0.857. The zero-order valence-electron chi connectivity index (χ0n) is 18.6. The Morgan fingerprint density at radius 3 is 2.66 bits per heavy atom. The molecule has 0 radical (unpaired) electrons. The number of carbonyl (C=O) groups excluding carboxylic acids is 1. The minimum Gasteiger partial charge on any atom is -0.352 e. The van der Waals surface area contributed by atoms with Gasteiger partial charge in [-0.25, -0.2) is 9.97 Å². The number of halogens is 1. The number of rotatable bonds is 5. The summed E-state index contributed by atoms with van der Waals surface area (Å²) in [5, 5.41) is 1.29. The number of hydrogen-bond donors (Lipinski definition) is 0. The maximum atomic E-state index is 13.1. The van der Waals surface area contributed by atoms with Crippen LogP contribution < -0.4 is 4.90 Å². The molecule has 0 unspecified atom stereocenters. The summed E-state index contributed by atoms with van der Waals surface area (Å²) in [6, 6.07) is 7.68. The van der Waals surface area contributed by atoms with Gasteiger partial charge in [0.1, 0.15) is 16.5 Å². The Morgan fingerprint density at radius 2 is 1.88 bits per heavy atom. The van der Waals surface area contributed by atoms with Gasteiger partial charge < -0.3 is 9.80 Å². The molecule has 168 valence electrons. The molecule has 1 aliphatic carbocycles. The number of benzene rings is 1. The normalized spacial score (nSPS) is 16.4. The molecule has 1 aliphatic heterocycles. The number of carbonyl (C=O) groups is 1. The number of anilines is 1. The van der Waals surface area contributed by atoms with Crippen LogP contribution in [-0.4, -0.2) is 47.0 Å². The van der Waals surface area contributed by atoms with Crippen molar-refractivity contribution in [2.75, 3.05) is 31.1 Å². The SMILES string of the molecule is CCCCc1nc(N2CCN(C(=O)c3ccccc3Br)CC2)c2c3c(sc2n1)CCCC3. The molecule has 32 heavy (non-hydrogen) atoms. The monoisotopic (exact) mass is 512 g/mol. The average Bonchev–Trinajstić information content (AvgIpc) is 3.21. The average molecular weight is 514 g/mol. The van der Waals surface area contributed by atoms with Gasteiger partial charge in [-0.1, -0.05) is 25.5 Å². The molecule has 5 nitrogen and oxygen atoms in total. The maximum absolute atomic E-state index is 13.1. The lowest BCUT2D eigenvalue weighted by Crippen LogP contribution is -2.49. The Bertz CT molecular complexity index is 1140. The van der Waals surface area contributed by atoms with Gasteiger partial charge in [0.25, 0.3) is 5.91 Å². The number of thiophene rings is 1. The fraction of sp³-hybridized carbons (Fsp3) is 0.480. The van der Waals surface area contributed by atoms with Crippen molar-refractivity contribution in [3.05, 3.63) is 50.6 Å². The van der Waals surface area contributed by atoms with Crippen LogP contribution in [0, 0.1) is 0 Å². The lowest BCUT2D eigenvalue weighted by Gasteiger charge is -2.36. The quantitative estimate of drug-likeness (QED) is 0.443. The van der Waals surface area contributed by atoms with Gasteiger partial charge in [-0.2, -0.15) is 0 Å². The van der Waals surface area contributed by atoms with Gasteiger partial charge in [0, 0.05) is 41.9 Å². The molecule has 1 saturated heterocycles. The van der Waals surface area contributed by atoms with Crippen LogP contribution in [-0.2, 0) is 19.3 Å². The Morgan fingerprint density at radius 1 is 1.09 bits per heavy atom. The molecule has 2 aromatic heterocycles. The third-order valence-electron chi connectivity index (χ3n) is 6.57. The van der Waals surface area contributed by atoms with Crippen LogP contribution in [0.1, 0.15) is 59.2 Å².